The van der Waals surface area contributed by atoms with Gasteiger partial charge in [0.1, 0.15) is 0 Å². The van der Waals surface area contributed by atoms with E-state index in [9.17, 15) is 0 Å². The van der Waals surface area contributed by atoms with E-state index in [0.717, 1.165) is 12.8 Å². The van der Waals surface area contributed by atoms with Gasteiger partial charge in [0.05, 0.1) is 19.5 Å². The van der Waals surface area contributed by atoms with Gasteiger partial charge in [0.25, 0.3) is 0 Å². The summed E-state index contributed by atoms with van der Waals surface area (Å²) in [5, 5.41) is 12.5. The molecule has 9 nitrogen and oxygen atoms in total. The molecule has 4 N–H and O–H groups in total. The largest absolute Gasteiger partial charge is 0.391 e. The molecule has 3 heterocycles. The van der Waals surface area contributed by atoms with Crippen LogP contribution in [0.1, 0.15) is 25.5 Å². The highest BCUT2D eigenvalue weighted by atomic mass is 16.7. The van der Waals surface area contributed by atoms with Crippen molar-refractivity contribution >= 4 is 22.9 Å². The standard InChI is InChI=1S/C13H18N6O3/c14-13-17-11(16-7-2-1-3-7)10-12(18-13)19(6-15-10)8-5-21-9(4-20)22-8/h6-9,20H,1-5H2,(H3,14,16,17,18). The molecular weight excluding hydrogens is 288 g/mol. The zero-order valence-electron chi connectivity index (χ0n) is 12.0. The van der Waals surface area contributed by atoms with E-state index in [0.29, 0.717) is 29.6 Å². The fourth-order valence-corrected chi connectivity index (χ4v) is 2.68. The SMILES string of the molecule is Nc1nc(NC2CCC2)c2ncn(C3COC(CO)O3)c2n1. The van der Waals surface area contributed by atoms with Crippen LogP contribution in [-0.4, -0.2) is 50.2 Å². The molecule has 2 atom stereocenters. The number of nitrogen functional groups attached to an aromatic ring is 1. The number of ether oxygens (including phenoxy) is 2. The van der Waals surface area contributed by atoms with Gasteiger partial charge >= 0.3 is 0 Å². The van der Waals surface area contributed by atoms with Crippen LogP contribution in [0, 0.1) is 0 Å². The summed E-state index contributed by atoms with van der Waals surface area (Å²) in [4.78, 5) is 12.9. The van der Waals surface area contributed by atoms with E-state index in [1.807, 2.05) is 0 Å². The van der Waals surface area contributed by atoms with E-state index >= 15 is 0 Å². The van der Waals surface area contributed by atoms with E-state index in [1.54, 1.807) is 10.9 Å². The van der Waals surface area contributed by atoms with Gasteiger partial charge in [0, 0.05) is 6.04 Å². The van der Waals surface area contributed by atoms with Gasteiger partial charge in [-0.15, -0.1) is 0 Å². The fraction of sp³-hybridized carbons (Fsp3) is 0.615. The number of nitrogens with two attached hydrogens (primary N) is 1. The molecule has 1 saturated carbocycles. The summed E-state index contributed by atoms with van der Waals surface area (Å²) in [5.41, 5.74) is 7.09. The van der Waals surface area contributed by atoms with Crippen molar-refractivity contribution in [1.82, 2.24) is 19.5 Å². The van der Waals surface area contributed by atoms with Crippen molar-refractivity contribution in [2.45, 2.75) is 37.8 Å². The first-order valence-electron chi connectivity index (χ1n) is 7.39. The molecule has 1 aliphatic carbocycles. The summed E-state index contributed by atoms with van der Waals surface area (Å²) in [7, 11) is 0. The van der Waals surface area contributed by atoms with Crippen LogP contribution in [0.2, 0.25) is 0 Å². The van der Waals surface area contributed by atoms with Crippen LogP contribution in [0.25, 0.3) is 11.2 Å². The number of fused-ring (bicyclic) bond motifs is 1. The predicted octanol–water partition coefficient (Wildman–Crippen LogP) is 0.237. The van der Waals surface area contributed by atoms with E-state index in [-0.39, 0.29) is 18.8 Å². The first-order chi connectivity index (χ1) is 10.7. The van der Waals surface area contributed by atoms with Crippen molar-refractivity contribution in [3.05, 3.63) is 6.33 Å². The third-order valence-electron chi connectivity index (χ3n) is 4.08. The summed E-state index contributed by atoms with van der Waals surface area (Å²) in [6, 6.07) is 0.424. The lowest BCUT2D eigenvalue weighted by Crippen LogP contribution is -2.27. The molecular formula is C13H18N6O3. The second-order valence-electron chi connectivity index (χ2n) is 5.56. The van der Waals surface area contributed by atoms with Crippen LogP contribution in [0.15, 0.2) is 6.33 Å². The number of anilines is 2. The number of aliphatic hydroxyl groups is 1. The van der Waals surface area contributed by atoms with Crippen molar-refractivity contribution in [3.63, 3.8) is 0 Å². The van der Waals surface area contributed by atoms with Crippen LogP contribution in [-0.2, 0) is 9.47 Å². The molecule has 0 radical (unpaired) electrons. The Balaban J connectivity index is 1.68. The van der Waals surface area contributed by atoms with Gasteiger partial charge in [-0.1, -0.05) is 0 Å². The average Bonchev–Trinajstić information content (AvgIpc) is 3.08. The van der Waals surface area contributed by atoms with Gasteiger partial charge in [0.15, 0.2) is 29.5 Å². The van der Waals surface area contributed by atoms with Crippen molar-refractivity contribution in [3.8, 4) is 0 Å². The van der Waals surface area contributed by atoms with Crippen molar-refractivity contribution < 1.29 is 14.6 Å². The Kier molecular flexibility index (Phi) is 3.32. The molecule has 9 heteroatoms. The highest BCUT2D eigenvalue weighted by molar-refractivity contribution is 5.84. The van der Waals surface area contributed by atoms with Crippen LogP contribution in [0.5, 0.6) is 0 Å². The number of aromatic nitrogens is 4. The summed E-state index contributed by atoms with van der Waals surface area (Å²) in [6.45, 7) is 0.140. The maximum atomic E-state index is 9.09. The normalized spacial score (nSPS) is 25.5. The minimum Gasteiger partial charge on any atom is -0.391 e. The summed E-state index contributed by atoms with van der Waals surface area (Å²) >= 11 is 0. The van der Waals surface area contributed by atoms with Gasteiger partial charge in [-0.05, 0) is 19.3 Å². The van der Waals surface area contributed by atoms with Gasteiger partial charge in [0.2, 0.25) is 5.95 Å². The summed E-state index contributed by atoms with van der Waals surface area (Å²) in [5.74, 6) is 0.845. The Hall–Kier alpha value is -1.97. The number of nitrogens with one attached hydrogen (secondary N) is 1. The smallest absolute Gasteiger partial charge is 0.224 e. The Morgan fingerprint density at radius 2 is 2.27 bits per heavy atom. The topological polar surface area (TPSA) is 120 Å². The molecule has 0 aromatic carbocycles. The van der Waals surface area contributed by atoms with Crippen LogP contribution < -0.4 is 11.1 Å². The molecule has 0 bridgehead atoms. The quantitative estimate of drug-likeness (QED) is 0.734. The highest BCUT2D eigenvalue weighted by Crippen LogP contribution is 2.29. The number of hydrogen-bond donors (Lipinski definition) is 3. The predicted molar refractivity (Wildman–Crippen MR) is 77.9 cm³/mol. The summed E-state index contributed by atoms with van der Waals surface area (Å²) < 4.78 is 12.7. The second kappa shape index (κ2) is 5.34. The van der Waals surface area contributed by atoms with Crippen molar-refractivity contribution in [1.29, 1.82) is 0 Å². The molecule has 0 amide bonds. The molecule has 0 spiro atoms. The van der Waals surface area contributed by atoms with Crippen molar-refractivity contribution in [2.24, 2.45) is 0 Å². The average molecular weight is 306 g/mol. The molecule has 1 aliphatic heterocycles. The molecule has 118 valence electrons. The third-order valence-corrected chi connectivity index (χ3v) is 4.08. The minimum absolute atomic E-state index is 0.186. The molecule has 4 rings (SSSR count). The maximum Gasteiger partial charge on any atom is 0.224 e. The van der Waals surface area contributed by atoms with E-state index < -0.39 is 6.29 Å². The van der Waals surface area contributed by atoms with Crippen LogP contribution in [0.4, 0.5) is 11.8 Å². The van der Waals surface area contributed by atoms with E-state index in [2.05, 4.69) is 20.3 Å². The lowest BCUT2D eigenvalue weighted by Gasteiger charge is -2.26. The van der Waals surface area contributed by atoms with Crippen molar-refractivity contribution in [2.75, 3.05) is 24.3 Å². The lowest BCUT2D eigenvalue weighted by molar-refractivity contribution is -0.0980. The molecule has 2 aromatic heterocycles. The Morgan fingerprint density at radius 3 is 2.95 bits per heavy atom. The number of aliphatic hydroxyl groups excluding tert-OH is 1. The molecule has 2 unspecified atom stereocenters. The van der Waals surface area contributed by atoms with E-state index in [1.165, 1.54) is 6.42 Å². The molecule has 22 heavy (non-hydrogen) atoms. The fourth-order valence-electron chi connectivity index (χ4n) is 2.68. The Labute approximate surface area is 126 Å². The molecule has 2 fully saturated rings. The van der Waals surface area contributed by atoms with Gasteiger partial charge in [-0.3, -0.25) is 4.57 Å². The number of hydrogen-bond acceptors (Lipinski definition) is 8. The first-order valence-corrected chi connectivity index (χ1v) is 7.39. The molecule has 2 aliphatic rings. The molecule has 2 aromatic rings. The first kappa shape index (κ1) is 13.7. The Morgan fingerprint density at radius 1 is 1.41 bits per heavy atom. The van der Waals surface area contributed by atoms with Gasteiger partial charge < -0.3 is 25.6 Å². The third kappa shape index (κ3) is 2.27. The zero-order valence-corrected chi connectivity index (χ0v) is 12.0. The van der Waals surface area contributed by atoms with Gasteiger partial charge in [-0.2, -0.15) is 9.97 Å². The van der Waals surface area contributed by atoms with E-state index in [4.69, 9.17) is 20.3 Å². The highest BCUT2D eigenvalue weighted by Gasteiger charge is 2.29. The molecule has 1 saturated heterocycles. The maximum absolute atomic E-state index is 9.09. The number of imidazole rings is 1. The summed E-state index contributed by atoms with van der Waals surface area (Å²) in [6.07, 6.45) is 4.12. The zero-order chi connectivity index (χ0) is 15.1. The van der Waals surface area contributed by atoms with Crippen LogP contribution >= 0.6 is 0 Å². The van der Waals surface area contributed by atoms with Gasteiger partial charge in [-0.25, -0.2) is 4.98 Å². The Bertz CT molecular complexity index is 686. The lowest BCUT2D eigenvalue weighted by atomic mass is 9.93. The number of nitrogens with zero attached hydrogens (tertiary/aromatic N) is 4. The van der Waals surface area contributed by atoms with Crippen LogP contribution in [0.3, 0.4) is 0 Å². The number of rotatable bonds is 4. The monoisotopic (exact) mass is 306 g/mol. The second-order valence-corrected chi connectivity index (χ2v) is 5.56. The minimum atomic E-state index is -0.616.